The molecule has 2 fully saturated rings. The summed E-state index contributed by atoms with van der Waals surface area (Å²) in [6.45, 7) is 0. The van der Waals surface area contributed by atoms with Crippen LogP contribution in [0.3, 0.4) is 0 Å². The molecule has 5 aliphatic rings. The zero-order chi connectivity index (χ0) is 49.7. The standard InChI is InChI=1S/C25H19O.2C18H15P.C9H12.Ru/c1-2-25(19-9-5-3-6-10-19,20-11-7-4-8-12-20)22-16-21-17-13-14-18(15-17)23(21)24(22)26;2*1-4-10-16(11-5-1)19(17-12-6-2-7-13-17)18-14-8-3-9-15-18;1-2-5-9-7-3-6-8(9)4-1;/h3-14,16-18,21,23H,15H2;2*1-15H;1-2,4-5,8-9H,3,6-7H2;/q-1;;;;+2/t17-,18+,21+,23-;;;;/m1..../s1. The van der Waals surface area contributed by atoms with Crippen molar-refractivity contribution in [3.8, 4) is 5.92 Å². The number of fused-ring (bicyclic) bond motifs is 6. The van der Waals surface area contributed by atoms with Crippen LogP contribution in [-0.4, -0.2) is 5.78 Å². The van der Waals surface area contributed by atoms with Gasteiger partial charge in [0.05, 0.1) is 5.41 Å². The third kappa shape index (κ3) is 11.7. The first-order valence-electron chi connectivity index (χ1n) is 25.9. The average molecular weight is 1080 g/mol. The number of hydrogen-bond acceptors (Lipinski definition) is 1. The predicted octanol–water partition coefficient (Wildman–Crippen LogP) is 13.9. The summed E-state index contributed by atoms with van der Waals surface area (Å²) in [4.78, 5) is 13.5. The number of benzene rings is 8. The summed E-state index contributed by atoms with van der Waals surface area (Å²) < 4.78 is 0. The smallest absolute Gasteiger partial charge is 0.692 e. The second kappa shape index (κ2) is 25.6. The molecular weight excluding hydrogens is 1020 g/mol. The molecule has 0 N–H and O–H groups in total. The van der Waals surface area contributed by atoms with Gasteiger partial charge in [-0.15, -0.1) is 0 Å². The minimum atomic E-state index is -0.927. The van der Waals surface area contributed by atoms with Crippen molar-refractivity contribution in [2.75, 3.05) is 0 Å². The Labute approximate surface area is 455 Å². The van der Waals surface area contributed by atoms with Crippen molar-refractivity contribution in [2.24, 2.45) is 35.5 Å². The number of ketones is 1. The fourth-order valence-corrected chi connectivity index (χ4v) is 16.2. The molecule has 0 amide bonds. The topological polar surface area (TPSA) is 17.1 Å². The zero-order valence-electron chi connectivity index (χ0n) is 41.6. The third-order valence-electron chi connectivity index (χ3n) is 15.0. The van der Waals surface area contributed by atoms with Gasteiger partial charge in [0, 0.05) is 11.5 Å². The summed E-state index contributed by atoms with van der Waals surface area (Å²) in [5.41, 5.74) is 1.67. The van der Waals surface area contributed by atoms with E-state index in [9.17, 15) is 4.79 Å². The van der Waals surface area contributed by atoms with Crippen molar-refractivity contribution in [3.63, 3.8) is 0 Å². The van der Waals surface area contributed by atoms with Crippen molar-refractivity contribution in [2.45, 2.75) is 31.1 Å². The molecule has 364 valence electrons. The van der Waals surface area contributed by atoms with Gasteiger partial charge in [-0.1, -0.05) is 292 Å². The number of allylic oxidation sites excluding steroid dienone is 8. The van der Waals surface area contributed by atoms with Gasteiger partial charge in [-0.05, 0) is 108 Å². The number of carbonyl (C=O) groups excluding carboxylic acids is 1. The van der Waals surface area contributed by atoms with Crippen LogP contribution in [0.15, 0.2) is 291 Å². The summed E-state index contributed by atoms with van der Waals surface area (Å²) in [5, 5.41) is 8.39. The van der Waals surface area contributed by atoms with Crippen LogP contribution in [0.4, 0.5) is 0 Å². The van der Waals surface area contributed by atoms with Gasteiger partial charge >= 0.3 is 19.5 Å². The number of carbonyl (C=O) groups is 1. The first-order valence-corrected chi connectivity index (χ1v) is 28.6. The molecule has 2 unspecified atom stereocenters. The van der Waals surface area contributed by atoms with Crippen molar-refractivity contribution >= 4 is 53.5 Å². The summed E-state index contributed by atoms with van der Waals surface area (Å²) in [6, 6.07) is 84.5. The second-order valence-electron chi connectivity index (χ2n) is 19.3. The molecule has 0 saturated heterocycles. The normalized spacial score (nSPS) is 20.3. The second-order valence-corrected chi connectivity index (χ2v) is 23.8. The van der Waals surface area contributed by atoms with Crippen LogP contribution in [0.2, 0.25) is 0 Å². The maximum Gasteiger partial charge on any atom is 2.00 e. The Morgan fingerprint density at radius 2 is 0.716 bits per heavy atom. The van der Waals surface area contributed by atoms with Gasteiger partial charge in [-0.25, -0.2) is 0 Å². The van der Waals surface area contributed by atoms with Gasteiger partial charge in [-0.2, -0.15) is 0 Å². The van der Waals surface area contributed by atoms with Crippen LogP contribution >= 0.6 is 15.8 Å². The average Bonchev–Trinajstić information content (AvgIpc) is 4.30. The Balaban J connectivity index is 0.000000126. The number of rotatable bonds is 9. The Kier molecular flexibility index (Phi) is 18.1. The van der Waals surface area contributed by atoms with Gasteiger partial charge in [0.1, 0.15) is 0 Å². The van der Waals surface area contributed by atoms with Gasteiger partial charge in [0.15, 0.2) is 5.78 Å². The molecule has 0 aliphatic heterocycles. The molecular formula is C70H61OP2Ru+. The Morgan fingerprint density at radius 3 is 1.03 bits per heavy atom. The van der Waals surface area contributed by atoms with Gasteiger partial charge in [0.2, 0.25) is 0 Å². The van der Waals surface area contributed by atoms with E-state index in [0.717, 1.165) is 35.0 Å². The molecule has 5 aliphatic carbocycles. The summed E-state index contributed by atoms with van der Waals surface area (Å²) >= 11 is 0. The summed E-state index contributed by atoms with van der Waals surface area (Å²) in [6.07, 6.45) is 29.4. The molecule has 0 heterocycles. The fraction of sp³-hybridized carbons (Fsp3) is 0.157. The molecule has 13 rings (SSSR count). The number of Topliss-reactive ketones (excluding diaryl/α,β-unsaturated/α-hetero) is 1. The van der Waals surface area contributed by atoms with E-state index >= 15 is 0 Å². The number of hydrogen-bond donors (Lipinski definition) is 0. The van der Waals surface area contributed by atoms with Gasteiger partial charge in [0.25, 0.3) is 0 Å². The molecule has 2 saturated carbocycles. The molecule has 8 aromatic rings. The van der Waals surface area contributed by atoms with Crippen LogP contribution in [0, 0.1) is 47.9 Å². The Morgan fingerprint density at radius 1 is 0.405 bits per heavy atom. The maximum atomic E-state index is 13.5. The van der Waals surface area contributed by atoms with E-state index in [1.807, 2.05) is 60.7 Å². The maximum absolute atomic E-state index is 13.5. The first kappa shape index (κ1) is 52.3. The van der Waals surface area contributed by atoms with Crippen LogP contribution in [0.5, 0.6) is 0 Å². The first-order chi connectivity index (χ1) is 36.1. The van der Waals surface area contributed by atoms with Crippen molar-refractivity contribution in [3.05, 3.63) is 308 Å². The Bertz CT molecular complexity index is 2810. The van der Waals surface area contributed by atoms with Gasteiger partial charge < -0.3 is 12.3 Å². The van der Waals surface area contributed by atoms with E-state index in [1.54, 1.807) is 0 Å². The van der Waals surface area contributed by atoms with Crippen LogP contribution in [0.1, 0.15) is 36.8 Å². The SMILES string of the molecule is C1=CC2CCCC2C=C1.[C-]#CC(C1=C[C@@H]2[C@H](C1=O)[C@H]1C=C[C@@H]2C1)(c1ccccc1)c1ccccc1.[Ru+2].c1ccc(P(c2ccccc2)c2ccccc2)cc1.c1ccc(P(c2ccccc2)c2ccccc2)cc1. The van der Waals surface area contributed by atoms with Crippen LogP contribution in [-0.2, 0) is 29.7 Å². The molecule has 0 aromatic heterocycles. The third-order valence-corrected chi connectivity index (χ3v) is 19.9. The van der Waals surface area contributed by atoms with E-state index in [0.29, 0.717) is 11.8 Å². The summed E-state index contributed by atoms with van der Waals surface area (Å²) in [7, 11) is -0.892. The van der Waals surface area contributed by atoms with Crippen molar-refractivity contribution in [1.29, 1.82) is 0 Å². The zero-order valence-corrected chi connectivity index (χ0v) is 45.1. The molecule has 2 bridgehead atoms. The molecule has 6 atom stereocenters. The molecule has 74 heavy (non-hydrogen) atoms. The minimum Gasteiger partial charge on any atom is -0.692 e. The minimum absolute atomic E-state index is 0. The predicted molar refractivity (Wildman–Crippen MR) is 311 cm³/mol. The Hall–Kier alpha value is -6.57. The summed E-state index contributed by atoms with van der Waals surface area (Å²) in [5.74, 6) is 5.98. The van der Waals surface area contributed by atoms with E-state index in [-0.39, 0.29) is 37.1 Å². The molecule has 4 heteroatoms. The largest absolute Gasteiger partial charge is 2.00 e. The van der Waals surface area contributed by atoms with E-state index in [1.165, 1.54) is 51.1 Å². The quantitative estimate of drug-likeness (QED) is 0.0463. The van der Waals surface area contributed by atoms with Crippen LogP contribution in [0.25, 0.3) is 0 Å². The fourth-order valence-electron chi connectivity index (χ4n) is 11.6. The van der Waals surface area contributed by atoms with E-state index < -0.39 is 21.3 Å². The molecule has 0 radical (unpaired) electrons. The van der Waals surface area contributed by atoms with Gasteiger partial charge in [-0.3, -0.25) is 4.79 Å². The molecule has 8 aromatic carbocycles. The van der Waals surface area contributed by atoms with E-state index in [4.69, 9.17) is 6.42 Å². The molecule has 0 spiro atoms. The van der Waals surface area contributed by atoms with Crippen LogP contribution < -0.4 is 31.8 Å². The van der Waals surface area contributed by atoms with Crippen molar-refractivity contribution in [1.82, 2.24) is 0 Å². The monoisotopic (exact) mass is 1080 g/mol. The van der Waals surface area contributed by atoms with Crippen molar-refractivity contribution < 1.29 is 24.3 Å². The molecule has 1 nitrogen and oxygen atoms in total. The van der Waals surface area contributed by atoms with E-state index in [2.05, 4.69) is 230 Å².